The predicted molar refractivity (Wildman–Crippen MR) is 87.5 cm³/mol. The molecule has 0 radical (unpaired) electrons. The molecule has 3 nitrogen and oxygen atoms in total. The SMILES string of the molecule is CC#Cc1oc2c(OC3CCNCC3F)cccc2c1SC(F)(F)F. The van der Waals surface area contributed by atoms with Crippen molar-refractivity contribution in [1.82, 2.24) is 5.32 Å². The van der Waals surface area contributed by atoms with Crippen molar-refractivity contribution in [3.05, 3.63) is 24.0 Å². The lowest BCUT2D eigenvalue weighted by molar-refractivity contribution is -0.0328. The fourth-order valence-corrected chi connectivity index (χ4v) is 3.36. The molecule has 1 aromatic carbocycles. The van der Waals surface area contributed by atoms with E-state index < -0.39 is 17.8 Å². The number of alkyl halides is 4. The Hall–Kier alpha value is -1.85. The van der Waals surface area contributed by atoms with Crippen LogP contribution in [0.25, 0.3) is 11.0 Å². The van der Waals surface area contributed by atoms with Gasteiger partial charge in [0.1, 0.15) is 12.3 Å². The van der Waals surface area contributed by atoms with E-state index in [1.165, 1.54) is 13.0 Å². The number of halogens is 4. The van der Waals surface area contributed by atoms with Crippen LogP contribution in [0.4, 0.5) is 17.6 Å². The maximum atomic E-state index is 14.0. The Kier molecular flexibility index (Phi) is 5.16. The largest absolute Gasteiger partial charge is 0.483 e. The monoisotopic (exact) mass is 373 g/mol. The second kappa shape index (κ2) is 7.18. The molecule has 25 heavy (non-hydrogen) atoms. The summed E-state index contributed by atoms with van der Waals surface area (Å²) in [7, 11) is 0. The van der Waals surface area contributed by atoms with E-state index >= 15 is 0 Å². The Morgan fingerprint density at radius 3 is 2.84 bits per heavy atom. The number of benzene rings is 1. The van der Waals surface area contributed by atoms with Gasteiger partial charge in [-0.15, -0.1) is 0 Å². The molecular weight excluding hydrogens is 358 g/mol. The first-order chi connectivity index (χ1) is 11.9. The number of fused-ring (bicyclic) bond motifs is 1. The molecule has 0 spiro atoms. The minimum absolute atomic E-state index is 0.0713. The normalized spacial score (nSPS) is 21.0. The van der Waals surface area contributed by atoms with Crippen molar-refractivity contribution in [2.75, 3.05) is 13.1 Å². The van der Waals surface area contributed by atoms with Gasteiger partial charge in [0, 0.05) is 11.9 Å². The number of ether oxygens (including phenoxy) is 1. The zero-order chi connectivity index (χ0) is 18.0. The van der Waals surface area contributed by atoms with Crippen molar-refractivity contribution in [2.45, 2.75) is 36.0 Å². The highest BCUT2D eigenvalue weighted by molar-refractivity contribution is 8.00. The minimum atomic E-state index is -4.48. The van der Waals surface area contributed by atoms with E-state index in [0.29, 0.717) is 13.0 Å². The fraction of sp³-hybridized carbons (Fsp3) is 0.412. The third-order valence-electron chi connectivity index (χ3n) is 3.72. The standard InChI is InChI=1S/C17H15F4NO2S/c1-2-4-14-16(25-17(19,20)21)10-5-3-6-13(15(10)24-14)23-12-7-8-22-9-11(12)18/h3,5-6,11-12,22H,7-9H2,1H3. The molecule has 0 amide bonds. The molecule has 0 bridgehead atoms. The van der Waals surface area contributed by atoms with Crippen LogP contribution in [0.2, 0.25) is 0 Å². The molecule has 2 unspecified atom stereocenters. The van der Waals surface area contributed by atoms with Crippen molar-refractivity contribution < 1.29 is 26.7 Å². The van der Waals surface area contributed by atoms with E-state index in [2.05, 4.69) is 17.2 Å². The van der Waals surface area contributed by atoms with Crippen LogP contribution < -0.4 is 10.1 Å². The number of para-hydroxylation sites is 1. The second-order valence-electron chi connectivity index (χ2n) is 5.48. The van der Waals surface area contributed by atoms with E-state index in [1.807, 2.05) is 0 Å². The fourth-order valence-electron chi connectivity index (χ4n) is 2.67. The van der Waals surface area contributed by atoms with Gasteiger partial charge in [0.2, 0.25) is 0 Å². The molecule has 0 saturated carbocycles. The minimum Gasteiger partial charge on any atom is -0.483 e. The Balaban J connectivity index is 2.03. The summed E-state index contributed by atoms with van der Waals surface area (Å²) in [5.74, 6) is 5.25. The topological polar surface area (TPSA) is 34.4 Å². The van der Waals surface area contributed by atoms with Crippen LogP contribution in [0.3, 0.4) is 0 Å². The Morgan fingerprint density at radius 2 is 2.16 bits per heavy atom. The molecule has 1 N–H and O–H groups in total. The Bertz CT molecular complexity index is 822. The van der Waals surface area contributed by atoms with Gasteiger partial charge in [-0.2, -0.15) is 13.2 Å². The maximum absolute atomic E-state index is 14.0. The van der Waals surface area contributed by atoms with Gasteiger partial charge in [0.15, 0.2) is 17.1 Å². The molecule has 2 aromatic rings. The van der Waals surface area contributed by atoms with Crippen LogP contribution >= 0.6 is 11.8 Å². The summed E-state index contributed by atoms with van der Waals surface area (Å²) in [4.78, 5) is -0.107. The van der Waals surface area contributed by atoms with Crippen LogP contribution in [0.5, 0.6) is 5.75 Å². The highest BCUT2D eigenvalue weighted by atomic mass is 32.2. The summed E-state index contributed by atoms with van der Waals surface area (Å²) in [6.07, 6.45) is -1.40. The zero-order valence-corrected chi connectivity index (χ0v) is 14.1. The summed E-state index contributed by atoms with van der Waals surface area (Å²) in [6.45, 7) is 2.30. The molecule has 2 atom stereocenters. The van der Waals surface area contributed by atoms with Crippen molar-refractivity contribution in [3.8, 4) is 17.6 Å². The van der Waals surface area contributed by atoms with Crippen molar-refractivity contribution in [3.63, 3.8) is 0 Å². The smallest absolute Gasteiger partial charge is 0.446 e. The van der Waals surface area contributed by atoms with Gasteiger partial charge < -0.3 is 14.5 Å². The van der Waals surface area contributed by atoms with Gasteiger partial charge in [-0.1, -0.05) is 12.0 Å². The number of hydrogen-bond donors (Lipinski definition) is 1. The number of nitrogens with one attached hydrogen (secondary N) is 1. The van der Waals surface area contributed by atoms with Gasteiger partial charge >= 0.3 is 5.51 Å². The summed E-state index contributed by atoms with van der Waals surface area (Å²) in [5.41, 5.74) is -4.32. The third kappa shape index (κ3) is 4.05. The molecule has 1 saturated heterocycles. The number of thioether (sulfide) groups is 1. The van der Waals surface area contributed by atoms with Gasteiger partial charge in [-0.25, -0.2) is 4.39 Å². The van der Waals surface area contributed by atoms with Crippen molar-refractivity contribution >= 4 is 22.7 Å². The quantitative estimate of drug-likeness (QED) is 0.488. The summed E-state index contributed by atoms with van der Waals surface area (Å²) in [6, 6.07) is 4.63. The van der Waals surface area contributed by atoms with Crippen LogP contribution in [0.15, 0.2) is 27.5 Å². The first-order valence-electron chi connectivity index (χ1n) is 7.64. The molecule has 134 valence electrons. The molecule has 1 aromatic heterocycles. The van der Waals surface area contributed by atoms with Gasteiger partial charge in [0.05, 0.1) is 4.90 Å². The van der Waals surface area contributed by atoms with E-state index in [1.54, 1.807) is 12.1 Å². The van der Waals surface area contributed by atoms with Crippen LogP contribution in [-0.4, -0.2) is 30.9 Å². The van der Waals surface area contributed by atoms with Gasteiger partial charge in [-0.3, -0.25) is 0 Å². The molecule has 1 aliphatic rings. The Labute approximate surface area is 146 Å². The molecule has 8 heteroatoms. The summed E-state index contributed by atoms with van der Waals surface area (Å²) < 4.78 is 63.8. The third-order valence-corrected chi connectivity index (χ3v) is 4.56. The maximum Gasteiger partial charge on any atom is 0.446 e. The zero-order valence-electron chi connectivity index (χ0n) is 13.2. The molecule has 1 aliphatic heterocycles. The van der Waals surface area contributed by atoms with Crippen LogP contribution in [0.1, 0.15) is 19.1 Å². The average Bonchev–Trinajstić information content (AvgIpc) is 2.87. The molecule has 3 rings (SSSR count). The lowest BCUT2D eigenvalue weighted by atomic mass is 10.1. The highest BCUT2D eigenvalue weighted by Crippen LogP contribution is 2.45. The second-order valence-corrected chi connectivity index (χ2v) is 6.56. The first-order valence-corrected chi connectivity index (χ1v) is 8.46. The van der Waals surface area contributed by atoms with E-state index in [-0.39, 0.29) is 45.7 Å². The predicted octanol–water partition coefficient (Wildman–Crippen LogP) is 4.49. The number of piperidine rings is 1. The Morgan fingerprint density at radius 1 is 1.36 bits per heavy atom. The summed E-state index contributed by atoms with van der Waals surface area (Å²) >= 11 is -0.277. The lowest BCUT2D eigenvalue weighted by Crippen LogP contribution is -2.44. The van der Waals surface area contributed by atoms with Crippen LogP contribution in [-0.2, 0) is 0 Å². The van der Waals surface area contributed by atoms with E-state index in [0.717, 1.165) is 0 Å². The number of hydrogen-bond acceptors (Lipinski definition) is 4. The van der Waals surface area contributed by atoms with Gasteiger partial charge in [0.25, 0.3) is 0 Å². The summed E-state index contributed by atoms with van der Waals surface area (Å²) in [5, 5.41) is 3.17. The molecular formula is C17H15F4NO2S. The first kappa shape index (κ1) is 18.0. The molecule has 0 aliphatic carbocycles. The van der Waals surface area contributed by atoms with E-state index in [9.17, 15) is 17.6 Å². The number of rotatable bonds is 3. The highest BCUT2D eigenvalue weighted by Gasteiger charge is 2.34. The number of furan rings is 1. The lowest BCUT2D eigenvalue weighted by Gasteiger charge is -2.27. The van der Waals surface area contributed by atoms with Crippen molar-refractivity contribution in [1.29, 1.82) is 0 Å². The van der Waals surface area contributed by atoms with Crippen molar-refractivity contribution in [2.24, 2.45) is 0 Å². The molecule has 2 heterocycles. The van der Waals surface area contributed by atoms with E-state index in [4.69, 9.17) is 9.15 Å². The molecule has 1 fully saturated rings. The van der Waals surface area contributed by atoms with Gasteiger partial charge in [-0.05, 0) is 49.7 Å². The van der Waals surface area contributed by atoms with Crippen LogP contribution in [0, 0.1) is 11.8 Å². The average molecular weight is 373 g/mol.